The maximum atomic E-state index is 11.7. The van der Waals surface area contributed by atoms with Crippen molar-refractivity contribution >= 4 is 5.97 Å². The zero-order chi connectivity index (χ0) is 13.2. The summed E-state index contributed by atoms with van der Waals surface area (Å²) in [6.07, 6.45) is -0.343. The van der Waals surface area contributed by atoms with Crippen LogP contribution in [0.2, 0.25) is 0 Å². The Hall–Kier alpha value is -1.39. The van der Waals surface area contributed by atoms with Gasteiger partial charge in [0.2, 0.25) is 0 Å². The highest BCUT2D eigenvalue weighted by Crippen LogP contribution is 2.30. The molecule has 0 N–H and O–H groups in total. The first-order valence-corrected chi connectivity index (χ1v) is 5.99. The first-order chi connectivity index (χ1) is 8.52. The third-order valence-electron chi connectivity index (χ3n) is 2.90. The number of carbonyl (C=O) groups excluding carboxylic acids is 1. The molecule has 1 aliphatic rings. The van der Waals surface area contributed by atoms with Crippen LogP contribution in [0.15, 0.2) is 30.3 Å². The van der Waals surface area contributed by atoms with Crippen LogP contribution in [0.5, 0.6) is 0 Å². The molecule has 1 saturated heterocycles. The van der Waals surface area contributed by atoms with Crippen molar-refractivity contribution in [2.45, 2.75) is 38.3 Å². The van der Waals surface area contributed by atoms with E-state index in [0.717, 1.165) is 5.56 Å². The number of hydrogen-bond donors (Lipinski definition) is 0. The summed E-state index contributed by atoms with van der Waals surface area (Å²) < 4.78 is 16.1. The first kappa shape index (κ1) is 13.1. The lowest BCUT2D eigenvalue weighted by atomic mass is 10.0. The van der Waals surface area contributed by atoms with Crippen molar-refractivity contribution in [3.05, 3.63) is 35.9 Å². The molecule has 1 heterocycles. The Balaban J connectivity index is 2.12. The predicted molar refractivity (Wildman–Crippen MR) is 66.0 cm³/mol. The number of ether oxygens (including phenoxy) is 3. The molecule has 1 fully saturated rings. The standard InChI is InChI=1S/C14H18O4/c1-14(2)17-11(12(18-14)13(15)16-3)9-10-7-5-4-6-8-10/h4-8,11-12H,9H2,1-3H3/t11-,12?/m0/s1. The van der Waals surface area contributed by atoms with Crippen molar-refractivity contribution in [1.82, 2.24) is 0 Å². The van der Waals surface area contributed by atoms with Gasteiger partial charge in [0, 0.05) is 6.42 Å². The van der Waals surface area contributed by atoms with E-state index in [1.807, 2.05) is 30.3 Å². The molecule has 98 valence electrons. The minimum absolute atomic E-state index is 0.310. The van der Waals surface area contributed by atoms with Gasteiger partial charge >= 0.3 is 5.97 Å². The van der Waals surface area contributed by atoms with E-state index >= 15 is 0 Å². The number of benzene rings is 1. The Morgan fingerprint density at radius 1 is 1.28 bits per heavy atom. The molecule has 2 atom stereocenters. The Labute approximate surface area is 107 Å². The summed E-state index contributed by atoms with van der Waals surface area (Å²) in [7, 11) is 1.36. The van der Waals surface area contributed by atoms with Crippen molar-refractivity contribution in [2.24, 2.45) is 0 Å². The third-order valence-corrected chi connectivity index (χ3v) is 2.90. The molecule has 0 aliphatic carbocycles. The van der Waals surface area contributed by atoms with Crippen LogP contribution in [0.25, 0.3) is 0 Å². The summed E-state index contributed by atoms with van der Waals surface area (Å²) in [6.45, 7) is 3.60. The maximum absolute atomic E-state index is 11.7. The van der Waals surface area contributed by atoms with Gasteiger partial charge in [-0.2, -0.15) is 0 Å². The van der Waals surface area contributed by atoms with Crippen molar-refractivity contribution < 1.29 is 19.0 Å². The highest BCUT2D eigenvalue weighted by atomic mass is 16.8. The summed E-state index contributed by atoms with van der Waals surface area (Å²) in [5.74, 6) is -1.14. The fraction of sp³-hybridized carbons (Fsp3) is 0.500. The largest absolute Gasteiger partial charge is 0.467 e. The van der Waals surface area contributed by atoms with E-state index in [9.17, 15) is 4.79 Å². The van der Waals surface area contributed by atoms with Gasteiger partial charge in [-0.05, 0) is 19.4 Å². The molecule has 1 aromatic carbocycles. The molecule has 2 rings (SSSR count). The Morgan fingerprint density at radius 3 is 2.56 bits per heavy atom. The van der Waals surface area contributed by atoms with Gasteiger partial charge in [0.15, 0.2) is 11.9 Å². The molecular formula is C14H18O4. The Kier molecular flexibility index (Phi) is 3.68. The Bertz CT molecular complexity index is 413. The smallest absolute Gasteiger partial charge is 0.337 e. The number of hydrogen-bond acceptors (Lipinski definition) is 4. The minimum atomic E-state index is -0.752. The zero-order valence-corrected chi connectivity index (χ0v) is 10.9. The summed E-state index contributed by atoms with van der Waals surface area (Å²) in [4.78, 5) is 11.7. The second kappa shape index (κ2) is 5.08. The van der Waals surface area contributed by atoms with Crippen LogP contribution in [0.3, 0.4) is 0 Å². The van der Waals surface area contributed by atoms with E-state index in [2.05, 4.69) is 0 Å². The van der Waals surface area contributed by atoms with Crippen molar-refractivity contribution in [1.29, 1.82) is 0 Å². The molecule has 0 amide bonds. The average molecular weight is 250 g/mol. The molecule has 1 aliphatic heterocycles. The van der Waals surface area contributed by atoms with Gasteiger partial charge in [-0.25, -0.2) is 4.79 Å². The highest BCUT2D eigenvalue weighted by molar-refractivity contribution is 5.75. The Morgan fingerprint density at radius 2 is 1.94 bits per heavy atom. The quantitative estimate of drug-likeness (QED) is 0.769. The van der Waals surface area contributed by atoms with Crippen molar-refractivity contribution in [3.8, 4) is 0 Å². The molecule has 4 heteroatoms. The first-order valence-electron chi connectivity index (χ1n) is 5.99. The number of esters is 1. The van der Waals surface area contributed by atoms with Crippen LogP contribution in [-0.4, -0.2) is 31.1 Å². The fourth-order valence-corrected chi connectivity index (χ4v) is 2.15. The monoisotopic (exact) mass is 250 g/mol. The van der Waals surface area contributed by atoms with Gasteiger partial charge in [-0.15, -0.1) is 0 Å². The van der Waals surface area contributed by atoms with Gasteiger partial charge in [0.25, 0.3) is 0 Å². The van der Waals surface area contributed by atoms with Gasteiger partial charge in [0.05, 0.1) is 7.11 Å². The second-order valence-corrected chi connectivity index (χ2v) is 4.81. The van der Waals surface area contributed by atoms with E-state index in [0.29, 0.717) is 6.42 Å². The van der Waals surface area contributed by atoms with Crippen LogP contribution in [-0.2, 0) is 25.4 Å². The van der Waals surface area contributed by atoms with Gasteiger partial charge in [-0.1, -0.05) is 30.3 Å². The summed E-state index contributed by atoms with van der Waals surface area (Å²) in [6, 6.07) is 9.89. The average Bonchev–Trinajstić information content (AvgIpc) is 2.65. The van der Waals surface area contributed by atoms with E-state index < -0.39 is 11.9 Å². The lowest BCUT2D eigenvalue weighted by Gasteiger charge is -2.16. The molecule has 18 heavy (non-hydrogen) atoms. The summed E-state index contributed by atoms with van der Waals surface area (Å²) in [5, 5.41) is 0. The fourth-order valence-electron chi connectivity index (χ4n) is 2.15. The zero-order valence-electron chi connectivity index (χ0n) is 10.9. The molecule has 4 nitrogen and oxygen atoms in total. The molecule has 0 saturated carbocycles. The third kappa shape index (κ3) is 2.89. The maximum Gasteiger partial charge on any atom is 0.337 e. The highest BCUT2D eigenvalue weighted by Gasteiger charge is 2.45. The summed E-state index contributed by atoms with van der Waals surface area (Å²) >= 11 is 0. The predicted octanol–water partition coefficient (Wildman–Crippen LogP) is 1.92. The van der Waals surface area contributed by atoms with Crippen LogP contribution in [0.1, 0.15) is 19.4 Å². The van der Waals surface area contributed by atoms with Gasteiger partial charge in [-0.3, -0.25) is 0 Å². The van der Waals surface area contributed by atoms with Crippen LogP contribution < -0.4 is 0 Å². The van der Waals surface area contributed by atoms with Crippen LogP contribution in [0, 0.1) is 0 Å². The lowest BCUT2D eigenvalue weighted by molar-refractivity contribution is -0.168. The second-order valence-electron chi connectivity index (χ2n) is 4.81. The number of methoxy groups -OCH3 is 1. The summed E-state index contributed by atoms with van der Waals surface area (Å²) in [5.41, 5.74) is 1.11. The van der Waals surface area contributed by atoms with E-state index in [1.54, 1.807) is 13.8 Å². The molecule has 0 spiro atoms. The van der Waals surface area contributed by atoms with E-state index in [-0.39, 0.29) is 12.1 Å². The molecule has 0 radical (unpaired) electrons. The van der Waals surface area contributed by atoms with Crippen molar-refractivity contribution in [3.63, 3.8) is 0 Å². The normalized spacial score (nSPS) is 25.9. The van der Waals surface area contributed by atoms with E-state index in [4.69, 9.17) is 14.2 Å². The lowest BCUT2D eigenvalue weighted by Crippen LogP contribution is -2.33. The van der Waals surface area contributed by atoms with E-state index in [1.165, 1.54) is 7.11 Å². The molecule has 1 aromatic rings. The minimum Gasteiger partial charge on any atom is -0.467 e. The molecular weight excluding hydrogens is 232 g/mol. The van der Waals surface area contributed by atoms with Gasteiger partial charge in [0.1, 0.15) is 6.10 Å². The molecule has 0 bridgehead atoms. The van der Waals surface area contributed by atoms with Crippen LogP contribution >= 0.6 is 0 Å². The number of rotatable bonds is 3. The van der Waals surface area contributed by atoms with Crippen LogP contribution in [0.4, 0.5) is 0 Å². The number of carbonyl (C=O) groups is 1. The van der Waals surface area contributed by atoms with Crippen molar-refractivity contribution in [2.75, 3.05) is 7.11 Å². The van der Waals surface area contributed by atoms with Gasteiger partial charge < -0.3 is 14.2 Å². The molecule has 1 unspecified atom stereocenters. The molecule has 0 aromatic heterocycles. The topological polar surface area (TPSA) is 44.8 Å². The SMILES string of the molecule is COC(=O)C1OC(C)(C)O[C@H]1Cc1ccccc1.